The van der Waals surface area contributed by atoms with Crippen LogP contribution >= 0.6 is 11.3 Å². The molecule has 2 rings (SSSR count). The molecule has 1 aromatic carbocycles. The summed E-state index contributed by atoms with van der Waals surface area (Å²) >= 11 is 1.73. The molecule has 0 atom stereocenters. The number of thiazole rings is 1. The van der Waals surface area contributed by atoms with Crippen molar-refractivity contribution in [3.8, 4) is 5.75 Å². The Labute approximate surface area is 170 Å². The molecule has 0 aliphatic carbocycles. The van der Waals surface area contributed by atoms with E-state index in [0.29, 0.717) is 30.9 Å². The number of rotatable bonds is 9. The summed E-state index contributed by atoms with van der Waals surface area (Å²) in [5, 5.41) is 10.5. The monoisotopic (exact) mass is 403 g/mol. The van der Waals surface area contributed by atoms with E-state index in [1.54, 1.807) is 36.6 Å². The zero-order valence-electron chi connectivity index (χ0n) is 17.0. The number of hydrogen-bond donors (Lipinski definition) is 3. The van der Waals surface area contributed by atoms with Gasteiger partial charge in [-0.05, 0) is 39.0 Å². The normalized spacial score (nSPS) is 11.2. The van der Waals surface area contributed by atoms with Crippen LogP contribution in [0, 0.1) is 13.8 Å². The van der Waals surface area contributed by atoms with Crippen LogP contribution in [0.15, 0.2) is 29.3 Å². The predicted molar refractivity (Wildman–Crippen MR) is 115 cm³/mol. The van der Waals surface area contributed by atoms with Gasteiger partial charge in [-0.25, -0.2) is 4.98 Å². The standard InChI is InChI=1S/C20H29N5O2S/c1-5-21-20(23-10-9-18-25-14(2)15(3)28-18)24-12-11-22-19(26)16-7-6-8-17(13-16)27-4/h6-8,13H,5,9-12H2,1-4H3,(H,22,26)(H2,21,23,24). The Bertz CT molecular complexity index is 784. The number of carbonyl (C=O) groups excluding carboxylic acids is 1. The first-order chi connectivity index (χ1) is 13.5. The molecule has 2 aromatic rings. The Morgan fingerprint density at radius 3 is 2.68 bits per heavy atom. The van der Waals surface area contributed by atoms with Crippen molar-refractivity contribution in [3.05, 3.63) is 45.4 Å². The highest BCUT2D eigenvalue weighted by Gasteiger charge is 2.06. The van der Waals surface area contributed by atoms with Crippen molar-refractivity contribution < 1.29 is 9.53 Å². The topological polar surface area (TPSA) is 87.6 Å². The fourth-order valence-corrected chi connectivity index (χ4v) is 3.40. The zero-order chi connectivity index (χ0) is 20.4. The number of nitrogens with one attached hydrogen (secondary N) is 3. The Morgan fingerprint density at radius 1 is 1.21 bits per heavy atom. The van der Waals surface area contributed by atoms with Crippen molar-refractivity contribution >= 4 is 23.2 Å². The van der Waals surface area contributed by atoms with Gasteiger partial charge in [-0.15, -0.1) is 11.3 Å². The molecule has 1 aromatic heterocycles. The Balaban J connectivity index is 1.76. The minimum atomic E-state index is -0.128. The second-order valence-corrected chi connectivity index (χ2v) is 7.46. The molecule has 0 unspecified atom stereocenters. The van der Waals surface area contributed by atoms with Crippen molar-refractivity contribution in [2.45, 2.75) is 27.2 Å². The van der Waals surface area contributed by atoms with Gasteiger partial charge in [-0.3, -0.25) is 9.79 Å². The summed E-state index contributed by atoms with van der Waals surface area (Å²) in [7, 11) is 1.58. The Hall–Kier alpha value is -2.61. The van der Waals surface area contributed by atoms with E-state index in [1.807, 2.05) is 19.9 Å². The summed E-state index contributed by atoms with van der Waals surface area (Å²) in [5.74, 6) is 1.28. The Morgan fingerprint density at radius 2 is 2.00 bits per heavy atom. The first-order valence-electron chi connectivity index (χ1n) is 9.40. The van der Waals surface area contributed by atoms with Gasteiger partial charge in [0.05, 0.1) is 17.8 Å². The number of ether oxygens (including phenoxy) is 1. The zero-order valence-corrected chi connectivity index (χ0v) is 17.8. The third-order valence-corrected chi connectivity index (χ3v) is 5.18. The van der Waals surface area contributed by atoms with Crippen LogP contribution in [0.5, 0.6) is 5.75 Å². The highest BCUT2D eigenvalue weighted by molar-refractivity contribution is 7.11. The van der Waals surface area contributed by atoms with E-state index in [2.05, 4.69) is 32.9 Å². The fourth-order valence-electron chi connectivity index (χ4n) is 2.47. The van der Waals surface area contributed by atoms with Crippen molar-refractivity contribution in [3.63, 3.8) is 0 Å². The molecular weight excluding hydrogens is 374 g/mol. The van der Waals surface area contributed by atoms with E-state index in [0.717, 1.165) is 29.6 Å². The summed E-state index contributed by atoms with van der Waals surface area (Å²) in [4.78, 5) is 22.6. The lowest BCUT2D eigenvalue weighted by Crippen LogP contribution is -2.41. The molecule has 0 fully saturated rings. The second kappa shape index (κ2) is 11.3. The van der Waals surface area contributed by atoms with Crippen LogP contribution in [-0.4, -0.2) is 50.1 Å². The third kappa shape index (κ3) is 6.84. The Kier molecular flexibility index (Phi) is 8.74. The minimum Gasteiger partial charge on any atom is -0.497 e. The summed E-state index contributed by atoms with van der Waals surface area (Å²) in [5.41, 5.74) is 1.68. The molecule has 0 aliphatic heterocycles. The molecule has 0 aliphatic rings. The molecule has 0 spiro atoms. The van der Waals surface area contributed by atoms with Crippen molar-refractivity contribution in [1.29, 1.82) is 0 Å². The maximum absolute atomic E-state index is 12.2. The molecule has 28 heavy (non-hydrogen) atoms. The van der Waals surface area contributed by atoms with Crippen LogP contribution in [0.2, 0.25) is 0 Å². The number of aryl methyl sites for hydroxylation is 2. The van der Waals surface area contributed by atoms with Crippen LogP contribution in [0.4, 0.5) is 0 Å². The maximum atomic E-state index is 12.2. The quantitative estimate of drug-likeness (QED) is 0.340. The average Bonchev–Trinajstić information content (AvgIpc) is 3.02. The molecule has 7 nitrogen and oxygen atoms in total. The SMILES string of the molecule is CCNC(=NCCc1nc(C)c(C)s1)NCCNC(=O)c1cccc(OC)c1. The van der Waals surface area contributed by atoms with E-state index in [-0.39, 0.29) is 5.91 Å². The van der Waals surface area contributed by atoms with Crippen molar-refractivity contribution in [1.82, 2.24) is 20.9 Å². The van der Waals surface area contributed by atoms with Crippen molar-refractivity contribution in [2.75, 3.05) is 33.3 Å². The van der Waals surface area contributed by atoms with E-state index in [9.17, 15) is 4.79 Å². The van der Waals surface area contributed by atoms with Crippen LogP contribution < -0.4 is 20.7 Å². The van der Waals surface area contributed by atoms with Gasteiger partial charge in [0.15, 0.2) is 5.96 Å². The third-order valence-electron chi connectivity index (χ3n) is 4.05. The van der Waals surface area contributed by atoms with Crippen LogP contribution in [-0.2, 0) is 6.42 Å². The highest BCUT2D eigenvalue weighted by Crippen LogP contribution is 2.16. The van der Waals surface area contributed by atoms with E-state index in [4.69, 9.17) is 4.74 Å². The van der Waals surface area contributed by atoms with E-state index < -0.39 is 0 Å². The molecule has 8 heteroatoms. The molecule has 1 heterocycles. The van der Waals surface area contributed by atoms with Crippen LogP contribution in [0.25, 0.3) is 0 Å². The average molecular weight is 404 g/mol. The van der Waals surface area contributed by atoms with Gasteiger partial charge in [0, 0.05) is 43.0 Å². The number of hydrogen-bond acceptors (Lipinski definition) is 5. The van der Waals surface area contributed by atoms with Gasteiger partial charge in [-0.1, -0.05) is 6.07 Å². The van der Waals surface area contributed by atoms with Gasteiger partial charge in [0.1, 0.15) is 5.75 Å². The number of aliphatic imine (C=N–C) groups is 1. The number of methoxy groups -OCH3 is 1. The van der Waals surface area contributed by atoms with Gasteiger partial charge in [0.25, 0.3) is 5.91 Å². The number of aromatic nitrogens is 1. The van der Waals surface area contributed by atoms with Gasteiger partial charge >= 0.3 is 0 Å². The van der Waals surface area contributed by atoms with Crippen LogP contribution in [0.1, 0.15) is 32.9 Å². The molecule has 0 saturated heterocycles. The number of amides is 1. The summed E-state index contributed by atoms with van der Waals surface area (Å²) < 4.78 is 5.15. The maximum Gasteiger partial charge on any atom is 0.251 e. The number of nitrogens with zero attached hydrogens (tertiary/aromatic N) is 2. The van der Waals surface area contributed by atoms with E-state index in [1.165, 1.54) is 4.88 Å². The van der Waals surface area contributed by atoms with Crippen molar-refractivity contribution in [2.24, 2.45) is 4.99 Å². The molecule has 1 amide bonds. The molecule has 0 radical (unpaired) electrons. The molecule has 0 bridgehead atoms. The highest BCUT2D eigenvalue weighted by atomic mass is 32.1. The summed E-state index contributed by atoms with van der Waals surface area (Å²) in [6.45, 7) is 8.66. The first kappa shape index (κ1) is 21.7. The molecule has 152 valence electrons. The lowest BCUT2D eigenvalue weighted by Gasteiger charge is -2.12. The smallest absolute Gasteiger partial charge is 0.251 e. The van der Waals surface area contributed by atoms with Gasteiger partial charge in [-0.2, -0.15) is 0 Å². The number of guanidine groups is 1. The molecule has 3 N–H and O–H groups in total. The largest absolute Gasteiger partial charge is 0.497 e. The summed E-state index contributed by atoms with van der Waals surface area (Å²) in [6, 6.07) is 7.09. The second-order valence-electron chi connectivity index (χ2n) is 6.17. The molecular formula is C20H29N5O2S. The number of benzene rings is 1. The predicted octanol–water partition coefficient (Wildman–Crippen LogP) is 2.30. The lowest BCUT2D eigenvalue weighted by atomic mass is 10.2. The summed E-state index contributed by atoms with van der Waals surface area (Å²) in [6.07, 6.45) is 0.822. The van der Waals surface area contributed by atoms with Gasteiger partial charge < -0.3 is 20.7 Å². The molecule has 0 saturated carbocycles. The first-order valence-corrected chi connectivity index (χ1v) is 10.2. The lowest BCUT2D eigenvalue weighted by molar-refractivity contribution is 0.0954. The number of carbonyl (C=O) groups is 1. The fraction of sp³-hybridized carbons (Fsp3) is 0.450. The van der Waals surface area contributed by atoms with Crippen LogP contribution in [0.3, 0.4) is 0 Å². The van der Waals surface area contributed by atoms with E-state index >= 15 is 0 Å². The minimum absolute atomic E-state index is 0.128. The van der Waals surface area contributed by atoms with Gasteiger partial charge in [0.2, 0.25) is 0 Å².